The van der Waals surface area contributed by atoms with Crippen molar-refractivity contribution in [1.82, 2.24) is 9.55 Å². The van der Waals surface area contributed by atoms with Crippen molar-refractivity contribution < 1.29 is 0 Å². The highest BCUT2D eigenvalue weighted by molar-refractivity contribution is 5.87. The molecule has 0 saturated carbocycles. The van der Waals surface area contributed by atoms with E-state index in [1.54, 1.807) is 11.6 Å². The van der Waals surface area contributed by atoms with Crippen LogP contribution < -0.4 is 5.56 Å². The first-order valence-electron chi connectivity index (χ1n) is 7.19. The topological polar surface area (TPSA) is 34.9 Å². The molecule has 3 nitrogen and oxygen atoms in total. The number of hydrogen-bond donors (Lipinski definition) is 0. The fourth-order valence-electron chi connectivity index (χ4n) is 2.80. The Kier molecular flexibility index (Phi) is 2.79. The molecule has 0 N–H and O–H groups in total. The van der Waals surface area contributed by atoms with Crippen LogP contribution in [0.15, 0.2) is 71.5 Å². The van der Waals surface area contributed by atoms with E-state index in [1.807, 2.05) is 60.7 Å². The first-order chi connectivity index (χ1) is 10.7. The molecule has 0 amide bonds. The number of aromatic nitrogens is 2. The summed E-state index contributed by atoms with van der Waals surface area (Å²) in [5.41, 5.74) is 2.94. The van der Waals surface area contributed by atoms with Gasteiger partial charge in [0.1, 0.15) is 5.69 Å². The third-order valence-corrected chi connectivity index (χ3v) is 4.01. The van der Waals surface area contributed by atoms with Gasteiger partial charge in [0.25, 0.3) is 5.56 Å². The summed E-state index contributed by atoms with van der Waals surface area (Å²) < 4.78 is 1.66. The average molecular weight is 286 g/mol. The number of nitrogens with zero attached hydrogens (tertiary/aromatic N) is 2. The van der Waals surface area contributed by atoms with E-state index in [0.717, 1.165) is 27.4 Å². The van der Waals surface area contributed by atoms with Crippen molar-refractivity contribution >= 4 is 21.8 Å². The van der Waals surface area contributed by atoms with E-state index in [2.05, 4.69) is 11.1 Å². The molecule has 1 aromatic heterocycles. The highest BCUT2D eigenvalue weighted by atomic mass is 16.1. The van der Waals surface area contributed by atoms with Gasteiger partial charge < -0.3 is 4.57 Å². The quantitative estimate of drug-likeness (QED) is 0.534. The molecule has 0 bridgehead atoms. The molecular formula is C19H14N2O. The van der Waals surface area contributed by atoms with Gasteiger partial charge in [-0.1, -0.05) is 48.5 Å². The lowest BCUT2D eigenvalue weighted by Crippen LogP contribution is -2.20. The minimum absolute atomic E-state index is 0.0750. The highest BCUT2D eigenvalue weighted by Crippen LogP contribution is 2.22. The van der Waals surface area contributed by atoms with Gasteiger partial charge in [0.05, 0.1) is 11.0 Å². The van der Waals surface area contributed by atoms with Crippen molar-refractivity contribution in [2.24, 2.45) is 7.05 Å². The van der Waals surface area contributed by atoms with Crippen LogP contribution in [0.5, 0.6) is 0 Å². The molecule has 0 spiro atoms. The second-order valence-corrected chi connectivity index (χ2v) is 5.38. The predicted octanol–water partition coefficient (Wildman–Crippen LogP) is 3.75. The number of rotatable bonds is 1. The van der Waals surface area contributed by atoms with Crippen molar-refractivity contribution in [3.05, 3.63) is 77.1 Å². The van der Waals surface area contributed by atoms with Crippen molar-refractivity contribution in [2.45, 2.75) is 0 Å². The lowest BCUT2D eigenvalue weighted by atomic mass is 10.1. The van der Waals surface area contributed by atoms with Crippen LogP contribution in [0, 0.1) is 0 Å². The Morgan fingerprint density at radius 3 is 2.45 bits per heavy atom. The van der Waals surface area contributed by atoms with Crippen LogP contribution in [0.25, 0.3) is 33.1 Å². The van der Waals surface area contributed by atoms with Crippen molar-refractivity contribution in [3.8, 4) is 11.3 Å². The van der Waals surface area contributed by atoms with Crippen LogP contribution in [0.2, 0.25) is 0 Å². The van der Waals surface area contributed by atoms with E-state index in [1.165, 1.54) is 0 Å². The van der Waals surface area contributed by atoms with Crippen LogP contribution in [0.1, 0.15) is 0 Å². The third-order valence-electron chi connectivity index (χ3n) is 4.01. The number of aryl methyl sites for hydroxylation is 1. The van der Waals surface area contributed by atoms with Gasteiger partial charge in [0.2, 0.25) is 0 Å². The van der Waals surface area contributed by atoms with E-state index >= 15 is 0 Å². The molecule has 22 heavy (non-hydrogen) atoms. The highest BCUT2D eigenvalue weighted by Gasteiger charge is 2.10. The van der Waals surface area contributed by atoms with Crippen LogP contribution in [-0.2, 0) is 7.05 Å². The molecule has 0 aliphatic heterocycles. The normalized spacial score (nSPS) is 11.1. The first-order valence-corrected chi connectivity index (χ1v) is 7.19. The molecule has 1 heterocycles. The van der Waals surface area contributed by atoms with Crippen LogP contribution in [-0.4, -0.2) is 9.55 Å². The zero-order valence-electron chi connectivity index (χ0n) is 12.2. The number of fused-ring (bicyclic) bond motifs is 2. The molecule has 106 valence electrons. The van der Waals surface area contributed by atoms with Gasteiger partial charge in [-0.2, -0.15) is 0 Å². The summed E-state index contributed by atoms with van der Waals surface area (Å²) >= 11 is 0. The van der Waals surface area contributed by atoms with Gasteiger partial charge in [-0.05, 0) is 29.0 Å². The second-order valence-electron chi connectivity index (χ2n) is 5.38. The summed E-state index contributed by atoms with van der Waals surface area (Å²) in [5.74, 6) is 0. The maximum Gasteiger partial charge on any atom is 0.277 e. The van der Waals surface area contributed by atoms with Crippen molar-refractivity contribution in [2.75, 3.05) is 0 Å². The molecule has 4 aromatic rings. The van der Waals surface area contributed by atoms with Gasteiger partial charge >= 0.3 is 0 Å². The number of hydrogen-bond acceptors (Lipinski definition) is 2. The SMILES string of the molecule is Cn1c(=O)c(-c2ccc3ccccc3c2)nc2ccccc21. The van der Waals surface area contributed by atoms with E-state index in [4.69, 9.17) is 0 Å². The van der Waals surface area contributed by atoms with E-state index < -0.39 is 0 Å². The zero-order valence-corrected chi connectivity index (χ0v) is 12.2. The molecule has 0 saturated heterocycles. The Morgan fingerprint density at radius 2 is 1.59 bits per heavy atom. The van der Waals surface area contributed by atoms with Crippen LogP contribution in [0.4, 0.5) is 0 Å². The Hall–Kier alpha value is -2.94. The number of benzene rings is 3. The molecule has 0 unspecified atom stereocenters. The standard InChI is InChI=1S/C19H14N2O/c1-21-17-9-5-4-8-16(17)20-18(19(21)22)15-11-10-13-6-2-3-7-14(13)12-15/h2-12H,1H3. The molecular weight excluding hydrogens is 272 g/mol. The molecule has 0 aliphatic rings. The molecule has 4 rings (SSSR count). The van der Waals surface area contributed by atoms with Gasteiger partial charge in [0, 0.05) is 12.6 Å². The van der Waals surface area contributed by atoms with Gasteiger partial charge in [0.15, 0.2) is 0 Å². The van der Waals surface area contributed by atoms with E-state index in [-0.39, 0.29) is 5.56 Å². The monoisotopic (exact) mass is 286 g/mol. The molecule has 3 heteroatoms. The maximum absolute atomic E-state index is 12.6. The fourth-order valence-corrected chi connectivity index (χ4v) is 2.80. The minimum Gasteiger partial charge on any atom is -0.308 e. The second kappa shape index (κ2) is 4.81. The smallest absolute Gasteiger partial charge is 0.277 e. The Morgan fingerprint density at radius 1 is 0.864 bits per heavy atom. The largest absolute Gasteiger partial charge is 0.308 e. The Bertz CT molecular complexity index is 1060. The summed E-state index contributed by atoms with van der Waals surface area (Å²) in [4.78, 5) is 17.2. The third kappa shape index (κ3) is 1.91. The van der Waals surface area contributed by atoms with Crippen LogP contribution >= 0.6 is 0 Å². The molecule has 0 atom stereocenters. The minimum atomic E-state index is -0.0750. The summed E-state index contributed by atoms with van der Waals surface area (Å²) in [6.07, 6.45) is 0. The lowest BCUT2D eigenvalue weighted by molar-refractivity contribution is 0.896. The Labute approximate surface area is 127 Å². The first kappa shape index (κ1) is 12.8. The lowest BCUT2D eigenvalue weighted by Gasteiger charge is -2.08. The molecule has 3 aromatic carbocycles. The summed E-state index contributed by atoms with van der Waals surface area (Å²) in [7, 11) is 1.79. The van der Waals surface area contributed by atoms with Gasteiger partial charge in [-0.3, -0.25) is 4.79 Å². The van der Waals surface area contributed by atoms with Gasteiger partial charge in [-0.25, -0.2) is 4.98 Å². The number of para-hydroxylation sites is 2. The summed E-state index contributed by atoms with van der Waals surface area (Å²) in [5, 5.41) is 2.26. The average Bonchev–Trinajstić information content (AvgIpc) is 2.58. The van der Waals surface area contributed by atoms with Crippen molar-refractivity contribution in [1.29, 1.82) is 0 Å². The summed E-state index contributed by atoms with van der Waals surface area (Å²) in [6, 6.07) is 21.8. The Balaban J connectivity index is 2.03. The summed E-state index contributed by atoms with van der Waals surface area (Å²) in [6.45, 7) is 0. The fraction of sp³-hybridized carbons (Fsp3) is 0.0526. The zero-order chi connectivity index (χ0) is 15.1. The van der Waals surface area contributed by atoms with E-state index in [9.17, 15) is 4.79 Å². The van der Waals surface area contributed by atoms with Crippen molar-refractivity contribution in [3.63, 3.8) is 0 Å². The maximum atomic E-state index is 12.6. The van der Waals surface area contributed by atoms with E-state index in [0.29, 0.717) is 5.69 Å². The molecule has 0 aliphatic carbocycles. The van der Waals surface area contributed by atoms with Crippen LogP contribution in [0.3, 0.4) is 0 Å². The molecule has 0 fully saturated rings. The molecule has 0 radical (unpaired) electrons. The predicted molar refractivity (Wildman–Crippen MR) is 89.9 cm³/mol. The van der Waals surface area contributed by atoms with Gasteiger partial charge in [-0.15, -0.1) is 0 Å².